The highest BCUT2D eigenvalue weighted by Crippen LogP contribution is 2.29. The van der Waals surface area contributed by atoms with Gasteiger partial charge in [-0.25, -0.2) is 0 Å². The van der Waals surface area contributed by atoms with E-state index in [1.54, 1.807) is 13.8 Å². The first-order valence-corrected chi connectivity index (χ1v) is 5.97. The molecule has 1 aliphatic rings. The first-order chi connectivity index (χ1) is 7.99. The van der Waals surface area contributed by atoms with Crippen LogP contribution in [0.25, 0.3) is 0 Å². The third-order valence-electron chi connectivity index (χ3n) is 3.20. The third kappa shape index (κ3) is 2.60. The standard InChI is InChI=1S/C14H18O3/c1-14(2,13(15)16)9-10-5-6-12-11(8-10)4-3-7-17-12/h5-6,8H,3-4,7,9H2,1-2H3,(H,15,16). The van der Waals surface area contributed by atoms with E-state index in [-0.39, 0.29) is 0 Å². The molecule has 1 aliphatic heterocycles. The van der Waals surface area contributed by atoms with Crippen molar-refractivity contribution in [1.82, 2.24) is 0 Å². The van der Waals surface area contributed by atoms with Crippen LogP contribution in [0, 0.1) is 5.41 Å². The zero-order valence-corrected chi connectivity index (χ0v) is 10.3. The van der Waals surface area contributed by atoms with Crippen LogP contribution in [0.4, 0.5) is 0 Å². The van der Waals surface area contributed by atoms with Gasteiger partial charge < -0.3 is 9.84 Å². The van der Waals surface area contributed by atoms with Crippen molar-refractivity contribution in [2.75, 3.05) is 6.61 Å². The van der Waals surface area contributed by atoms with Gasteiger partial charge in [0.1, 0.15) is 5.75 Å². The highest BCUT2D eigenvalue weighted by Gasteiger charge is 2.27. The molecule has 0 saturated carbocycles. The maximum atomic E-state index is 11.1. The maximum absolute atomic E-state index is 11.1. The summed E-state index contributed by atoms with van der Waals surface area (Å²) in [5, 5.41) is 9.12. The lowest BCUT2D eigenvalue weighted by molar-refractivity contribution is -0.146. The van der Waals surface area contributed by atoms with E-state index in [0.29, 0.717) is 6.42 Å². The number of benzene rings is 1. The molecule has 0 atom stereocenters. The number of carbonyl (C=O) groups is 1. The van der Waals surface area contributed by atoms with Gasteiger partial charge in [-0.15, -0.1) is 0 Å². The number of carboxylic acids is 1. The second-order valence-corrected chi connectivity index (χ2v) is 5.26. The largest absolute Gasteiger partial charge is 0.493 e. The summed E-state index contributed by atoms with van der Waals surface area (Å²) in [5.74, 6) is 0.194. The Morgan fingerprint density at radius 2 is 2.24 bits per heavy atom. The number of carboxylic acid groups (broad SMARTS) is 1. The molecule has 0 unspecified atom stereocenters. The molecular formula is C14H18O3. The molecule has 3 heteroatoms. The second-order valence-electron chi connectivity index (χ2n) is 5.26. The smallest absolute Gasteiger partial charge is 0.309 e. The molecule has 1 heterocycles. The molecule has 0 saturated heterocycles. The van der Waals surface area contributed by atoms with E-state index < -0.39 is 11.4 Å². The van der Waals surface area contributed by atoms with Crippen LogP contribution in [0.1, 0.15) is 31.4 Å². The van der Waals surface area contributed by atoms with Crippen molar-refractivity contribution in [3.8, 4) is 5.75 Å². The Labute approximate surface area is 101 Å². The van der Waals surface area contributed by atoms with Crippen molar-refractivity contribution >= 4 is 5.97 Å². The number of rotatable bonds is 3. The number of hydrogen-bond acceptors (Lipinski definition) is 2. The minimum atomic E-state index is -0.758. The summed E-state index contributed by atoms with van der Waals surface area (Å²) in [4.78, 5) is 11.1. The Kier molecular flexibility index (Phi) is 3.09. The van der Waals surface area contributed by atoms with Crippen molar-refractivity contribution in [2.45, 2.75) is 33.1 Å². The predicted molar refractivity (Wildman–Crippen MR) is 65.4 cm³/mol. The molecule has 0 bridgehead atoms. The lowest BCUT2D eigenvalue weighted by Crippen LogP contribution is -2.26. The fourth-order valence-corrected chi connectivity index (χ4v) is 2.11. The Bertz CT molecular complexity index is 435. The van der Waals surface area contributed by atoms with Crippen LogP contribution in [0.3, 0.4) is 0 Å². The minimum absolute atomic E-state index is 0.551. The van der Waals surface area contributed by atoms with E-state index in [1.165, 1.54) is 5.56 Å². The molecule has 3 nitrogen and oxygen atoms in total. The van der Waals surface area contributed by atoms with Crippen LogP contribution in [-0.2, 0) is 17.6 Å². The average Bonchev–Trinajstić information content (AvgIpc) is 2.28. The molecular weight excluding hydrogens is 216 g/mol. The van der Waals surface area contributed by atoms with Crippen LogP contribution >= 0.6 is 0 Å². The third-order valence-corrected chi connectivity index (χ3v) is 3.20. The number of fused-ring (bicyclic) bond motifs is 1. The molecule has 0 fully saturated rings. The first kappa shape index (κ1) is 12.0. The van der Waals surface area contributed by atoms with Gasteiger partial charge in [-0.05, 0) is 50.3 Å². The summed E-state index contributed by atoms with van der Waals surface area (Å²) in [6, 6.07) is 6.01. The topological polar surface area (TPSA) is 46.5 Å². The van der Waals surface area contributed by atoms with E-state index in [0.717, 1.165) is 30.8 Å². The Balaban J connectivity index is 2.20. The molecule has 0 spiro atoms. The van der Waals surface area contributed by atoms with Gasteiger partial charge in [0, 0.05) is 0 Å². The highest BCUT2D eigenvalue weighted by molar-refractivity contribution is 5.74. The van der Waals surface area contributed by atoms with Crippen LogP contribution in [0.15, 0.2) is 18.2 Å². The van der Waals surface area contributed by atoms with E-state index >= 15 is 0 Å². The quantitative estimate of drug-likeness (QED) is 0.874. The van der Waals surface area contributed by atoms with Crippen LogP contribution in [-0.4, -0.2) is 17.7 Å². The monoisotopic (exact) mass is 234 g/mol. The predicted octanol–water partition coefficient (Wildman–Crippen LogP) is 2.66. The van der Waals surface area contributed by atoms with Crippen LogP contribution in [0.5, 0.6) is 5.75 Å². The number of hydrogen-bond donors (Lipinski definition) is 1. The lowest BCUT2D eigenvalue weighted by atomic mass is 9.85. The highest BCUT2D eigenvalue weighted by atomic mass is 16.5. The summed E-state index contributed by atoms with van der Waals surface area (Å²) in [6.45, 7) is 4.30. The van der Waals surface area contributed by atoms with Gasteiger partial charge in [-0.1, -0.05) is 12.1 Å². The van der Waals surface area contributed by atoms with Gasteiger partial charge in [0.15, 0.2) is 0 Å². The zero-order valence-electron chi connectivity index (χ0n) is 10.3. The molecule has 0 radical (unpaired) electrons. The van der Waals surface area contributed by atoms with E-state index in [1.807, 2.05) is 12.1 Å². The minimum Gasteiger partial charge on any atom is -0.493 e. The molecule has 0 amide bonds. The summed E-state index contributed by atoms with van der Waals surface area (Å²) in [7, 11) is 0. The average molecular weight is 234 g/mol. The summed E-state index contributed by atoms with van der Waals surface area (Å²) >= 11 is 0. The number of aryl methyl sites for hydroxylation is 1. The molecule has 1 aromatic carbocycles. The van der Waals surface area contributed by atoms with Gasteiger partial charge in [-0.2, -0.15) is 0 Å². The Hall–Kier alpha value is -1.51. The molecule has 0 aliphatic carbocycles. The van der Waals surface area contributed by atoms with Gasteiger partial charge >= 0.3 is 5.97 Å². The van der Waals surface area contributed by atoms with E-state index in [2.05, 4.69) is 6.07 Å². The van der Waals surface area contributed by atoms with Gasteiger partial charge in [-0.3, -0.25) is 4.79 Å². The summed E-state index contributed by atoms with van der Waals surface area (Å²) < 4.78 is 5.54. The number of aliphatic carboxylic acids is 1. The maximum Gasteiger partial charge on any atom is 0.309 e. The molecule has 2 rings (SSSR count). The van der Waals surface area contributed by atoms with Crippen molar-refractivity contribution < 1.29 is 14.6 Å². The Morgan fingerprint density at radius 1 is 1.47 bits per heavy atom. The van der Waals surface area contributed by atoms with E-state index in [4.69, 9.17) is 9.84 Å². The normalized spacial score (nSPS) is 14.9. The fraction of sp³-hybridized carbons (Fsp3) is 0.500. The van der Waals surface area contributed by atoms with Crippen molar-refractivity contribution in [3.63, 3.8) is 0 Å². The van der Waals surface area contributed by atoms with E-state index in [9.17, 15) is 4.79 Å². The SMILES string of the molecule is CC(C)(Cc1ccc2c(c1)CCCO2)C(=O)O. The number of ether oxygens (including phenoxy) is 1. The second kappa shape index (κ2) is 4.40. The Morgan fingerprint density at radius 3 is 2.94 bits per heavy atom. The zero-order chi connectivity index (χ0) is 12.5. The molecule has 17 heavy (non-hydrogen) atoms. The van der Waals surface area contributed by atoms with Crippen molar-refractivity contribution in [3.05, 3.63) is 29.3 Å². The van der Waals surface area contributed by atoms with Gasteiger partial charge in [0.2, 0.25) is 0 Å². The summed E-state index contributed by atoms with van der Waals surface area (Å²) in [5.41, 5.74) is 1.56. The summed E-state index contributed by atoms with van der Waals surface area (Å²) in [6.07, 6.45) is 2.62. The van der Waals surface area contributed by atoms with Crippen LogP contribution < -0.4 is 4.74 Å². The van der Waals surface area contributed by atoms with Gasteiger partial charge in [0.25, 0.3) is 0 Å². The fourth-order valence-electron chi connectivity index (χ4n) is 2.11. The lowest BCUT2D eigenvalue weighted by Gasteiger charge is -2.22. The molecule has 1 N–H and O–H groups in total. The molecule has 92 valence electrons. The van der Waals surface area contributed by atoms with Crippen molar-refractivity contribution in [2.24, 2.45) is 5.41 Å². The van der Waals surface area contributed by atoms with Crippen molar-refractivity contribution in [1.29, 1.82) is 0 Å². The van der Waals surface area contributed by atoms with Gasteiger partial charge in [0.05, 0.1) is 12.0 Å². The first-order valence-electron chi connectivity index (χ1n) is 5.97. The van der Waals surface area contributed by atoms with Crippen LogP contribution in [0.2, 0.25) is 0 Å². The molecule has 0 aromatic heterocycles. The molecule has 1 aromatic rings.